The Labute approximate surface area is 129 Å². The lowest BCUT2D eigenvalue weighted by Crippen LogP contribution is -1.69. The minimum absolute atomic E-state index is 0.568. The molecular weight excluding hydrogens is 288 g/mol. The van der Waals surface area contributed by atoms with Crippen molar-refractivity contribution in [1.29, 1.82) is 0 Å². The predicted octanol–water partition coefficient (Wildman–Crippen LogP) is 6.23. The molecule has 6 aromatic rings. The van der Waals surface area contributed by atoms with Crippen LogP contribution in [0.1, 0.15) is 0 Å². The largest absolute Gasteiger partial charge is 0.456 e. The summed E-state index contributed by atoms with van der Waals surface area (Å²) >= 11 is 0. The molecule has 3 aromatic carbocycles. The lowest BCUT2D eigenvalue weighted by molar-refractivity contribution is 0.524. The van der Waals surface area contributed by atoms with Crippen LogP contribution in [0.4, 0.5) is 0 Å². The highest BCUT2D eigenvalue weighted by atomic mass is 16.5. The number of hydrogen-bond donors (Lipinski definition) is 0. The third-order valence-corrected chi connectivity index (χ3v) is 4.51. The van der Waals surface area contributed by atoms with Gasteiger partial charge in [0.25, 0.3) is 5.78 Å². The average molecular weight is 298 g/mol. The van der Waals surface area contributed by atoms with Crippen molar-refractivity contribution >= 4 is 55.0 Å². The number of para-hydroxylation sites is 2. The standard InChI is InChI=1S/C20H10O3/c1-3-7-15-11(5-1)13-9-14-18(10-17(13)21-15)23-20-19(14)12-6-2-4-8-16(12)22-20/h1-10H. The summed E-state index contributed by atoms with van der Waals surface area (Å²) in [6.45, 7) is 0. The van der Waals surface area contributed by atoms with E-state index in [1.807, 2.05) is 42.5 Å². The molecule has 6 rings (SSSR count). The molecule has 3 aromatic heterocycles. The van der Waals surface area contributed by atoms with Crippen molar-refractivity contribution in [3.8, 4) is 0 Å². The number of benzene rings is 3. The number of hydrogen-bond acceptors (Lipinski definition) is 3. The fraction of sp³-hybridized carbons (Fsp3) is 0. The highest BCUT2D eigenvalue weighted by molar-refractivity contribution is 6.21. The Morgan fingerprint density at radius 3 is 2.00 bits per heavy atom. The molecule has 0 saturated carbocycles. The zero-order chi connectivity index (χ0) is 15.0. The Bertz CT molecular complexity index is 1340. The normalized spacial score (nSPS) is 12.3. The maximum Gasteiger partial charge on any atom is 0.299 e. The molecule has 0 radical (unpaired) electrons. The van der Waals surface area contributed by atoms with Crippen LogP contribution in [0.3, 0.4) is 0 Å². The van der Waals surface area contributed by atoms with E-state index in [1.54, 1.807) is 0 Å². The molecule has 108 valence electrons. The van der Waals surface area contributed by atoms with Crippen LogP contribution in [0.15, 0.2) is 73.9 Å². The molecule has 0 atom stereocenters. The van der Waals surface area contributed by atoms with E-state index in [1.165, 1.54) is 0 Å². The van der Waals surface area contributed by atoms with Gasteiger partial charge in [-0.2, -0.15) is 0 Å². The number of fused-ring (bicyclic) bond motifs is 8. The fourth-order valence-electron chi connectivity index (χ4n) is 3.48. The molecule has 3 heterocycles. The summed E-state index contributed by atoms with van der Waals surface area (Å²) in [4.78, 5) is 0. The van der Waals surface area contributed by atoms with Gasteiger partial charge >= 0.3 is 0 Å². The Morgan fingerprint density at radius 1 is 0.478 bits per heavy atom. The highest BCUT2D eigenvalue weighted by Gasteiger charge is 2.17. The third kappa shape index (κ3) is 1.35. The van der Waals surface area contributed by atoms with E-state index >= 15 is 0 Å². The summed E-state index contributed by atoms with van der Waals surface area (Å²) in [5.41, 5.74) is 3.36. The van der Waals surface area contributed by atoms with Crippen molar-refractivity contribution < 1.29 is 13.3 Å². The molecule has 0 aliphatic rings. The molecule has 0 amide bonds. The Balaban J connectivity index is 1.88. The lowest BCUT2D eigenvalue weighted by Gasteiger charge is -1.92. The van der Waals surface area contributed by atoms with E-state index in [0.717, 1.165) is 49.3 Å². The molecule has 3 nitrogen and oxygen atoms in total. The van der Waals surface area contributed by atoms with Crippen molar-refractivity contribution in [3.05, 3.63) is 60.7 Å². The van der Waals surface area contributed by atoms with E-state index in [0.29, 0.717) is 5.78 Å². The minimum Gasteiger partial charge on any atom is -0.456 e. The molecule has 0 unspecified atom stereocenters. The molecule has 3 heteroatoms. The maximum absolute atomic E-state index is 5.93. The van der Waals surface area contributed by atoms with Crippen LogP contribution in [-0.4, -0.2) is 0 Å². The van der Waals surface area contributed by atoms with Crippen LogP contribution in [-0.2, 0) is 0 Å². The quantitative estimate of drug-likeness (QED) is 0.333. The number of rotatable bonds is 0. The van der Waals surface area contributed by atoms with Gasteiger partial charge < -0.3 is 13.3 Å². The van der Waals surface area contributed by atoms with Crippen molar-refractivity contribution in [1.82, 2.24) is 0 Å². The van der Waals surface area contributed by atoms with Gasteiger partial charge in [-0.25, -0.2) is 0 Å². The third-order valence-electron chi connectivity index (χ3n) is 4.51. The Morgan fingerprint density at radius 2 is 1.13 bits per heavy atom. The average Bonchev–Trinajstić information content (AvgIpc) is 3.21. The molecular formula is C20H10O3. The summed E-state index contributed by atoms with van der Waals surface area (Å²) in [7, 11) is 0. The minimum atomic E-state index is 0.568. The molecule has 0 N–H and O–H groups in total. The number of furan rings is 3. The van der Waals surface area contributed by atoms with Gasteiger partial charge in [0, 0.05) is 27.6 Å². The monoisotopic (exact) mass is 298 g/mol. The van der Waals surface area contributed by atoms with E-state index in [4.69, 9.17) is 13.3 Å². The fourth-order valence-corrected chi connectivity index (χ4v) is 3.48. The second-order valence-electron chi connectivity index (χ2n) is 5.81. The van der Waals surface area contributed by atoms with Crippen LogP contribution >= 0.6 is 0 Å². The summed E-state index contributed by atoms with van der Waals surface area (Å²) in [6, 6.07) is 20.2. The van der Waals surface area contributed by atoms with Gasteiger partial charge in [-0.05, 0) is 18.2 Å². The van der Waals surface area contributed by atoms with Crippen LogP contribution in [0.2, 0.25) is 0 Å². The van der Waals surface area contributed by atoms with Crippen LogP contribution in [0.25, 0.3) is 55.0 Å². The van der Waals surface area contributed by atoms with Gasteiger partial charge in [-0.1, -0.05) is 36.4 Å². The zero-order valence-corrected chi connectivity index (χ0v) is 12.0. The SMILES string of the molecule is c1ccc2c(c1)oc1cc3oc4oc5ccccc5c4c3cc12. The first-order chi connectivity index (χ1) is 11.4. The predicted molar refractivity (Wildman–Crippen MR) is 90.8 cm³/mol. The van der Waals surface area contributed by atoms with E-state index in [2.05, 4.69) is 18.2 Å². The molecule has 0 spiro atoms. The maximum atomic E-state index is 5.93. The second kappa shape index (κ2) is 3.76. The van der Waals surface area contributed by atoms with Crippen LogP contribution in [0.5, 0.6) is 0 Å². The van der Waals surface area contributed by atoms with Gasteiger partial charge in [0.1, 0.15) is 22.3 Å². The van der Waals surface area contributed by atoms with Gasteiger partial charge in [0.2, 0.25) is 0 Å². The summed E-state index contributed by atoms with van der Waals surface area (Å²) in [6.07, 6.45) is 0. The van der Waals surface area contributed by atoms with Gasteiger partial charge in [-0.15, -0.1) is 0 Å². The molecule has 0 aliphatic heterocycles. The topological polar surface area (TPSA) is 39.4 Å². The summed E-state index contributed by atoms with van der Waals surface area (Å²) in [5.74, 6) is 0.568. The highest BCUT2D eigenvalue weighted by Crippen LogP contribution is 2.40. The van der Waals surface area contributed by atoms with Crippen LogP contribution < -0.4 is 0 Å². The molecule has 0 bridgehead atoms. The van der Waals surface area contributed by atoms with Gasteiger partial charge in [-0.3, -0.25) is 0 Å². The first-order valence-corrected chi connectivity index (χ1v) is 7.53. The molecule has 0 aliphatic carbocycles. The Kier molecular flexibility index (Phi) is 1.86. The van der Waals surface area contributed by atoms with Gasteiger partial charge in [0.05, 0.1) is 5.39 Å². The van der Waals surface area contributed by atoms with E-state index in [-0.39, 0.29) is 0 Å². The molecule has 0 fully saturated rings. The zero-order valence-electron chi connectivity index (χ0n) is 12.0. The van der Waals surface area contributed by atoms with E-state index < -0.39 is 0 Å². The first-order valence-electron chi connectivity index (χ1n) is 7.53. The summed E-state index contributed by atoms with van der Waals surface area (Å²) < 4.78 is 17.7. The molecule has 0 saturated heterocycles. The van der Waals surface area contributed by atoms with Crippen molar-refractivity contribution in [2.45, 2.75) is 0 Å². The van der Waals surface area contributed by atoms with Crippen molar-refractivity contribution in [3.63, 3.8) is 0 Å². The first kappa shape index (κ1) is 11.4. The summed E-state index contributed by atoms with van der Waals surface area (Å²) in [5, 5.41) is 5.38. The smallest absolute Gasteiger partial charge is 0.299 e. The van der Waals surface area contributed by atoms with E-state index in [9.17, 15) is 0 Å². The van der Waals surface area contributed by atoms with Crippen LogP contribution in [0, 0.1) is 0 Å². The Hall–Kier alpha value is -3.20. The lowest BCUT2D eigenvalue weighted by atomic mass is 10.1. The molecule has 23 heavy (non-hydrogen) atoms. The van der Waals surface area contributed by atoms with Crippen molar-refractivity contribution in [2.24, 2.45) is 0 Å². The van der Waals surface area contributed by atoms with Gasteiger partial charge in [0.15, 0.2) is 0 Å². The van der Waals surface area contributed by atoms with Crippen molar-refractivity contribution in [2.75, 3.05) is 0 Å². The second-order valence-corrected chi connectivity index (χ2v) is 5.81.